The molecule has 0 saturated carbocycles. The maximum atomic E-state index is 14.6. The monoisotopic (exact) mass is 917 g/mol. The molecule has 0 aromatic carbocycles. The van der Waals surface area contributed by atoms with Gasteiger partial charge in [-0.3, -0.25) is 22.7 Å². The largest absolute Gasteiger partial charge is 0.408 e. The lowest BCUT2D eigenvalue weighted by molar-refractivity contribution is -0.0570. The third-order valence-corrected chi connectivity index (χ3v) is 24.0. The first-order valence-electron chi connectivity index (χ1n) is 18.8. The van der Waals surface area contributed by atoms with Gasteiger partial charge in [0.2, 0.25) is 0 Å². The first-order valence-corrected chi connectivity index (χ1v) is 30.0. The minimum Gasteiger partial charge on any atom is -0.408 e. The van der Waals surface area contributed by atoms with E-state index in [4.69, 9.17) is 47.9 Å². The molecule has 10 atom stereocenters. The van der Waals surface area contributed by atoms with Gasteiger partial charge in [-0.05, 0) is 42.3 Å². The molecule has 58 heavy (non-hydrogen) atoms. The summed E-state index contributed by atoms with van der Waals surface area (Å²) >= 11 is 8.99. The van der Waals surface area contributed by atoms with Crippen molar-refractivity contribution in [2.24, 2.45) is 0 Å². The van der Waals surface area contributed by atoms with E-state index in [2.05, 4.69) is 117 Å². The Kier molecular flexibility index (Phi) is 11.7. The number of ether oxygens (including phenoxy) is 2. The molecular formula is C33H53N9O10P2S2Si2. The zero-order valence-electron chi connectivity index (χ0n) is 34.1. The van der Waals surface area contributed by atoms with Gasteiger partial charge in [0.05, 0.1) is 24.9 Å². The summed E-state index contributed by atoms with van der Waals surface area (Å²) in [4.78, 5) is 21.5. The summed E-state index contributed by atoms with van der Waals surface area (Å²) in [6.07, 6.45) is -2.34. The third-order valence-electron chi connectivity index (χ3n) is 11.8. The number of rotatable bonds is 6. The van der Waals surface area contributed by atoms with Crippen LogP contribution in [-0.2, 0) is 45.6 Å². The van der Waals surface area contributed by atoms with Crippen LogP contribution in [-0.4, -0.2) is 101 Å². The van der Waals surface area contributed by atoms with Gasteiger partial charge in [0.1, 0.15) is 66.3 Å². The summed E-state index contributed by atoms with van der Waals surface area (Å²) in [5.41, 5.74) is 13.5. The summed E-state index contributed by atoms with van der Waals surface area (Å²) in [6, 6.07) is 1.74. The van der Waals surface area contributed by atoms with Gasteiger partial charge in [0.25, 0.3) is 0 Å². The molecule has 25 heteroatoms. The number of imidazole rings is 1. The van der Waals surface area contributed by atoms with Crippen LogP contribution in [0.25, 0.3) is 22.2 Å². The Hall–Kier alpha value is -1.96. The number of fused-ring (bicyclic) bond motifs is 5. The predicted octanol–water partition coefficient (Wildman–Crippen LogP) is 6.90. The highest BCUT2D eigenvalue weighted by atomic mass is 32.7. The Balaban J connectivity index is 1.30. The Morgan fingerprint density at radius 3 is 1.88 bits per heavy atom. The number of nitrogen functional groups attached to an aromatic ring is 2. The Labute approximate surface area is 349 Å². The molecule has 4 aromatic rings. The fourth-order valence-electron chi connectivity index (χ4n) is 6.63. The highest BCUT2D eigenvalue weighted by molar-refractivity contribution is 8.44. The van der Waals surface area contributed by atoms with Crippen molar-refractivity contribution in [3.8, 4) is 0 Å². The van der Waals surface area contributed by atoms with Crippen LogP contribution >= 0.6 is 38.1 Å². The first-order chi connectivity index (χ1) is 26.8. The average Bonchev–Trinajstić information content (AvgIpc) is 3.87. The lowest BCUT2D eigenvalue weighted by Gasteiger charge is -2.41. The molecule has 0 radical (unpaired) electrons. The molecule has 0 aliphatic carbocycles. The van der Waals surface area contributed by atoms with Crippen molar-refractivity contribution in [1.82, 2.24) is 34.1 Å². The van der Waals surface area contributed by atoms with E-state index in [0.717, 1.165) is 0 Å². The zero-order valence-corrected chi connectivity index (χ0v) is 39.7. The minimum atomic E-state index is -4.32. The molecule has 320 valence electrons. The summed E-state index contributed by atoms with van der Waals surface area (Å²) in [7, 11) is -5.26. The number of nitrogens with zero attached hydrogens (tertiary/aromatic N) is 7. The van der Waals surface area contributed by atoms with E-state index in [9.17, 15) is 9.13 Å². The fraction of sp³-hybridized carbons (Fsp3) is 0.667. The summed E-state index contributed by atoms with van der Waals surface area (Å²) in [5, 5.41) is 0.0226. The molecule has 3 aliphatic heterocycles. The molecule has 3 aliphatic rings. The van der Waals surface area contributed by atoms with Crippen LogP contribution in [0.1, 0.15) is 54.0 Å². The second-order valence-electron chi connectivity index (χ2n) is 17.8. The molecule has 0 amide bonds. The van der Waals surface area contributed by atoms with Crippen LogP contribution in [0.2, 0.25) is 36.3 Å². The standard InChI is InChI=1S/C33H53N9O10P2S2Si2/c1-32(2,3)57(7,8)51-23-20-14-46-53(43,55)49-22-19(13-45-54(44,56)50-24(23)30(48-20)41-12-11-18-26(34)36-15-38-28(18)41)47-31(25(22)52-58(9,10)33(4,5)6)42-17-40-21-27(35)37-16-39-29(21)42/h11-12,15-17,19-20,22-25,30-31H,13-14H2,1-10H3,(H,43,55)(H,44,56)(H2,34,36,38)(H2,35,37,39)/t19-,20-,22-,23-,24-,25-,30-,31-,53?,54?/m1/s1. The summed E-state index contributed by atoms with van der Waals surface area (Å²) in [6.45, 7) is 11.4. The number of hydrogen-bond acceptors (Lipinski definition) is 17. The van der Waals surface area contributed by atoms with E-state index in [-0.39, 0.29) is 28.3 Å². The van der Waals surface area contributed by atoms with Crippen LogP contribution in [0.3, 0.4) is 0 Å². The molecule has 2 bridgehead atoms. The van der Waals surface area contributed by atoms with Gasteiger partial charge in [-0.2, -0.15) is 0 Å². The van der Waals surface area contributed by atoms with Crippen molar-refractivity contribution in [3.63, 3.8) is 0 Å². The molecule has 7 heterocycles. The number of hydrogen-bond donors (Lipinski definition) is 4. The van der Waals surface area contributed by atoms with Crippen molar-refractivity contribution in [3.05, 3.63) is 31.2 Å². The normalized spacial score (nSPS) is 33.2. The maximum Gasteiger partial charge on any atom is 0.386 e. The molecule has 2 unspecified atom stereocenters. The molecule has 19 nitrogen and oxygen atoms in total. The highest BCUT2D eigenvalue weighted by Gasteiger charge is 2.57. The van der Waals surface area contributed by atoms with E-state index in [1.54, 1.807) is 21.4 Å². The topological polar surface area (TPSA) is 234 Å². The van der Waals surface area contributed by atoms with Gasteiger partial charge in [-0.1, -0.05) is 66.0 Å². The third kappa shape index (κ3) is 8.46. The fourth-order valence-corrected chi connectivity index (χ4v) is 12.2. The molecule has 3 fully saturated rings. The maximum absolute atomic E-state index is 14.6. The lowest BCUT2D eigenvalue weighted by atomic mass is 10.1. The van der Waals surface area contributed by atoms with Crippen LogP contribution in [0.5, 0.6) is 0 Å². The van der Waals surface area contributed by atoms with Crippen LogP contribution < -0.4 is 11.5 Å². The highest BCUT2D eigenvalue weighted by Crippen LogP contribution is 2.61. The Morgan fingerprint density at radius 2 is 1.26 bits per heavy atom. The van der Waals surface area contributed by atoms with Crippen molar-refractivity contribution in [2.75, 3.05) is 24.7 Å². The van der Waals surface area contributed by atoms with Crippen LogP contribution in [0.4, 0.5) is 11.6 Å². The van der Waals surface area contributed by atoms with Gasteiger partial charge < -0.3 is 34.4 Å². The second kappa shape index (κ2) is 15.4. The van der Waals surface area contributed by atoms with Crippen LogP contribution in [0.15, 0.2) is 31.2 Å². The molecule has 7 rings (SSSR count). The number of aromatic nitrogens is 7. The molecule has 0 spiro atoms. The van der Waals surface area contributed by atoms with Gasteiger partial charge in [0.15, 0.2) is 40.6 Å². The van der Waals surface area contributed by atoms with Crippen molar-refractivity contribution >= 4 is 88.6 Å². The molecule has 4 aromatic heterocycles. The van der Waals surface area contributed by atoms with E-state index in [1.165, 1.54) is 19.0 Å². The van der Waals surface area contributed by atoms with Crippen molar-refractivity contribution in [2.45, 2.75) is 127 Å². The smallest absolute Gasteiger partial charge is 0.386 e. The number of nitrogens with two attached hydrogens (primary N) is 2. The van der Waals surface area contributed by atoms with Crippen LogP contribution in [0, 0.1) is 0 Å². The molecular weight excluding hydrogens is 865 g/mol. The van der Waals surface area contributed by atoms with E-state index in [0.29, 0.717) is 22.2 Å². The number of thiol groups is 2. The lowest BCUT2D eigenvalue weighted by Crippen LogP contribution is -2.50. The SMILES string of the molecule is CC(C)(C)[Si](C)(C)O[C@@H]1[C@@H]2OP(=O)(S)OC[C@H]3O[C@@H](n4ccc5c(N)ncnc54)[C@H](OP(=O)(S)OC[C@H]2O[C@H]1n1cnc2c(N)ncnc21)[C@@H]3O[Si](C)(C)C(C)(C)C. The van der Waals surface area contributed by atoms with E-state index < -0.39 is 85.9 Å². The number of anilines is 2. The van der Waals surface area contributed by atoms with Crippen molar-refractivity contribution in [1.29, 1.82) is 0 Å². The predicted molar refractivity (Wildman–Crippen MR) is 228 cm³/mol. The van der Waals surface area contributed by atoms with Gasteiger partial charge >= 0.3 is 13.6 Å². The summed E-state index contributed by atoms with van der Waals surface area (Å²) in [5.74, 6) is 0.425. The van der Waals surface area contributed by atoms with E-state index >= 15 is 0 Å². The van der Waals surface area contributed by atoms with Crippen molar-refractivity contribution < 1.29 is 45.6 Å². The van der Waals surface area contributed by atoms with Gasteiger partial charge in [-0.15, -0.1) is 0 Å². The first kappa shape index (κ1) is 44.1. The van der Waals surface area contributed by atoms with Gasteiger partial charge in [0, 0.05) is 6.20 Å². The average molecular weight is 918 g/mol. The minimum absolute atomic E-state index is 0.169. The quantitative estimate of drug-likeness (QED) is 0.0874. The Morgan fingerprint density at radius 1 is 0.724 bits per heavy atom. The second-order valence-corrected chi connectivity index (χ2v) is 33.1. The Bertz CT molecular complexity index is 2270. The zero-order chi connectivity index (χ0) is 42.4. The van der Waals surface area contributed by atoms with E-state index in [1.807, 2.05) is 0 Å². The summed E-state index contributed by atoms with van der Waals surface area (Å²) < 4.78 is 84.7. The molecule has 3 saturated heterocycles. The molecule has 4 N–H and O–H groups in total. The van der Waals surface area contributed by atoms with Gasteiger partial charge in [-0.25, -0.2) is 34.0 Å².